The second-order valence-electron chi connectivity index (χ2n) is 7.54. The maximum Gasteiger partial charge on any atom is 0.217 e. The first-order valence-electron chi connectivity index (χ1n) is 10.3. The molecule has 12 heteroatoms. The molecule has 1 N–H and O–H groups in total. The minimum absolute atomic E-state index is 0.0862. The van der Waals surface area contributed by atoms with E-state index in [-0.39, 0.29) is 10.0 Å². The Morgan fingerprint density at radius 2 is 1.61 bits per heavy atom. The van der Waals surface area contributed by atoms with Gasteiger partial charge in [0.05, 0.1) is 16.6 Å². The van der Waals surface area contributed by atoms with Crippen LogP contribution in [0.4, 0.5) is 10.1 Å². The molecule has 0 bridgehead atoms. The molecule has 0 saturated carbocycles. The maximum absolute atomic E-state index is 14.5. The molecular weight excluding hydrogens is 587 g/mol. The fourth-order valence-electron chi connectivity index (χ4n) is 3.36. The largest absolute Gasteiger partial charge is 0.378 e. The van der Waals surface area contributed by atoms with Crippen molar-refractivity contribution in [3.8, 4) is 0 Å². The number of nitrogens with zero attached hydrogens (tertiary/aromatic N) is 4. The lowest BCUT2D eigenvalue weighted by Crippen LogP contribution is -2.15. The highest BCUT2D eigenvalue weighted by atomic mass is 35.5. The van der Waals surface area contributed by atoms with Crippen molar-refractivity contribution in [3.63, 3.8) is 0 Å². The van der Waals surface area contributed by atoms with Crippen LogP contribution in [0.1, 0.15) is 17.0 Å². The Balaban J connectivity index is 1.58. The van der Waals surface area contributed by atoms with Crippen molar-refractivity contribution in [2.75, 3.05) is 5.32 Å². The molecule has 2 heterocycles. The highest BCUT2D eigenvalue weighted by Gasteiger charge is 2.26. The zero-order valence-corrected chi connectivity index (χ0v) is 22.5. The summed E-state index contributed by atoms with van der Waals surface area (Å²) in [4.78, 5) is 0.639. The molecule has 0 saturated heterocycles. The molecule has 1 aromatic heterocycles. The average molecular weight is 600 g/mol. The summed E-state index contributed by atoms with van der Waals surface area (Å²) in [6.45, 7) is 0.330. The van der Waals surface area contributed by atoms with Crippen LogP contribution < -0.4 is 5.32 Å². The molecule has 0 spiro atoms. The molecule has 3 aromatic carbocycles. The summed E-state index contributed by atoms with van der Waals surface area (Å²) in [5.74, 6) is -0.0779. The van der Waals surface area contributed by atoms with Crippen LogP contribution in [0.15, 0.2) is 69.8 Å². The Labute approximate surface area is 234 Å². The van der Waals surface area contributed by atoms with Gasteiger partial charge in [0.1, 0.15) is 11.5 Å². The number of benzene rings is 3. The van der Waals surface area contributed by atoms with Gasteiger partial charge in [-0.2, -0.15) is 9.78 Å². The third-order valence-corrected chi connectivity index (χ3v) is 7.51. The summed E-state index contributed by atoms with van der Waals surface area (Å²) >= 11 is 32.1. The number of hydrogen-bond acceptors (Lipinski definition) is 5. The van der Waals surface area contributed by atoms with Crippen molar-refractivity contribution in [3.05, 3.63) is 107 Å². The first-order chi connectivity index (χ1) is 17.3. The van der Waals surface area contributed by atoms with Gasteiger partial charge in [-0.05, 0) is 71.9 Å². The highest BCUT2D eigenvalue weighted by Crippen LogP contribution is 2.38. The van der Waals surface area contributed by atoms with Crippen LogP contribution in [-0.4, -0.2) is 20.6 Å². The van der Waals surface area contributed by atoms with Gasteiger partial charge in [0, 0.05) is 31.2 Å². The molecule has 1 aliphatic rings. The van der Waals surface area contributed by atoms with E-state index in [9.17, 15) is 4.39 Å². The minimum Gasteiger partial charge on any atom is -0.378 e. The lowest BCUT2D eigenvalue weighted by Gasteiger charge is -2.19. The summed E-state index contributed by atoms with van der Waals surface area (Å²) in [5.41, 5.74) is 2.31. The third kappa shape index (κ3) is 5.37. The molecule has 0 aliphatic carbocycles. The predicted octanol–water partition coefficient (Wildman–Crippen LogP) is 8.70. The fraction of sp³-hybridized carbons (Fsp3) is 0.0417. The molecule has 0 fully saturated rings. The van der Waals surface area contributed by atoms with E-state index in [1.807, 2.05) is 18.2 Å². The third-order valence-electron chi connectivity index (χ3n) is 5.12. The summed E-state index contributed by atoms with van der Waals surface area (Å²) < 4.78 is 16.1. The second kappa shape index (κ2) is 10.6. The first-order valence-corrected chi connectivity index (χ1v) is 13.0. The number of rotatable bonds is 5. The second-order valence-corrected chi connectivity index (χ2v) is 10.6. The van der Waals surface area contributed by atoms with Crippen molar-refractivity contribution < 1.29 is 4.39 Å². The van der Waals surface area contributed by atoms with Gasteiger partial charge in [0.15, 0.2) is 5.82 Å². The number of nitrogens with one attached hydrogen (secondary N) is 1. The summed E-state index contributed by atoms with van der Waals surface area (Å²) in [6.07, 6.45) is 1.81. The van der Waals surface area contributed by atoms with E-state index in [0.717, 1.165) is 5.69 Å². The molecule has 5 nitrogen and oxygen atoms in total. The van der Waals surface area contributed by atoms with Gasteiger partial charge in [-0.3, -0.25) is 0 Å². The van der Waals surface area contributed by atoms with E-state index in [0.29, 0.717) is 54.3 Å². The van der Waals surface area contributed by atoms with Crippen molar-refractivity contribution in [2.24, 2.45) is 5.10 Å². The first kappa shape index (κ1) is 25.4. The Morgan fingerprint density at radius 1 is 0.861 bits per heavy atom. The monoisotopic (exact) mass is 597 g/mol. The zero-order valence-electron chi connectivity index (χ0n) is 17.9. The fourth-order valence-corrected chi connectivity index (χ4v) is 5.37. The number of anilines is 1. The van der Waals surface area contributed by atoms with E-state index in [4.69, 9.17) is 63.1 Å². The van der Waals surface area contributed by atoms with Crippen LogP contribution in [0.5, 0.6) is 0 Å². The summed E-state index contributed by atoms with van der Waals surface area (Å²) in [6, 6.07) is 15.0. The number of halogens is 6. The molecule has 4 aromatic rings. The van der Waals surface area contributed by atoms with Crippen molar-refractivity contribution >= 4 is 87.2 Å². The van der Waals surface area contributed by atoms with E-state index in [2.05, 4.69) is 15.5 Å². The number of hydrogen-bond donors (Lipinski definition) is 1. The van der Waals surface area contributed by atoms with Gasteiger partial charge in [-0.15, -0.1) is 10.2 Å². The zero-order chi connectivity index (χ0) is 25.4. The van der Waals surface area contributed by atoms with E-state index >= 15 is 0 Å². The molecule has 0 atom stereocenters. The van der Waals surface area contributed by atoms with Crippen LogP contribution in [0.3, 0.4) is 0 Å². The van der Waals surface area contributed by atoms with Gasteiger partial charge in [0.2, 0.25) is 5.16 Å². The molecule has 0 radical (unpaired) electrons. The average Bonchev–Trinajstić information content (AvgIpc) is 3.24. The molecule has 1 aliphatic heterocycles. The van der Waals surface area contributed by atoms with E-state index < -0.39 is 5.82 Å². The van der Waals surface area contributed by atoms with Gasteiger partial charge in [-0.25, -0.2) is 4.39 Å². The SMILES string of the molecule is Fc1cc(C2=Nn3c(CNc4ccc(Cl)cc4)nnc3S/C2=C\c2ccc(Cl)cc2Cl)c(Cl)cc1Cl. The van der Waals surface area contributed by atoms with Gasteiger partial charge in [-0.1, -0.05) is 64.1 Å². The molecule has 5 rings (SSSR count). The smallest absolute Gasteiger partial charge is 0.217 e. The van der Waals surface area contributed by atoms with Crippen molar-refractivity contribution in [1.82, 2.24) is 14.9 Å². The Bertz CT molecular complexity index is 1530. The summed E-state index contributed by atoms with van der Waals surface area (Å²) in [5, 5.41) is 18.8. The van der Waals surface area contributed by atoms with Crippen LogP contribution in [0, 0.1) is 5.82 Å². The molecule has 36 heavy (non-hydrogen) atoms. The van der Waals surface area contributed by atoms with Gasteiger partial charge in [0.25, 0.3) is 0 Å². The summed E-state index contributed by atoms with van der Waals surface area (Å²) in [7, 11) is 0. The lowest BCUT2D eigenvalue weighted by atomic mass is 10.1. The Hall–Kier alpha value is -2.26. The van der Waals surface area contributed by atoms with Crippen LogP contribution in [0.25, 0.3) is 6.08 Å². The van der Waals surface area contributed by atoms with Crippen LogP contribution >= 0.6 is 69.8 Å². The normalized spacial score (nSPS) is 14.1. The van der Waals surface area contributed by atoms with Gasteiger partial charge >= 0.3 is 0 Å². The molecule has 0 amide bonds. The standard InChI is InChI=1S/C24H13Cl5FN5S/c25-13-3-5-15(6-4-13)31-11-22-32-33-24-35(22)34-23(16-9-20(30)19(29)10-18(16)28)21(36-24)7-12-1-2-14(26)8-17(12)27/h1-10,31H,11H2/b21-7-. The maximum atomic E-state index is 14.5. The number of allylic oxidation sites excluding steroid dienone is 1. The molecular formula is C24H13Cl5FN5S. The predicted molar refractivity (Wildman–Crippen MR) is 147 cm³/mol. The number of aromatic nitrogens is 3. The lowest BCUT2D eigenvalue weighted by molar-refractivity contribution is 0.628. The number of fused-ring (bicyclic) bond motifs is 1. The molecule has 0 unspecified atom stereocenters. The van der Waals surface area contributed by atoms with Crippen molar-refractivity contribution in [2.45, 2.75) is 11.7 Å². The van der Waals surface area contributed by atoms with Gasteiger partial charge < -0.3 is 5.32 Å². The van der Waals surface area contributed by atoms with E-state index in [1.165, 1.54) is 23.9 Å². The number of thioether (sulfide) groups is 1. The Kier molecular flexibility index (Phi) is 7.49. The van der Waals surface area contributed by atoms with E-state index in [1.54, 1.807) is 35.0 Å². The minimum atomic E-state index is -0.619. The quantitative estimate of drug-likeness (QED) is 0.233. The molecule has 182 valence electrons. The Morgan fingerprint density at radius 3 is 2.36 bits per heavy atom. The highest BCUT2D eigenvalue weighted by molar-refractivity contribution is 8.04. The topological polar surface area (TPSA) is 55.1 Å². The van der Waals surface area contributed by atoms with Crippen LogP contribution in [0.2, 0.25) is 25.1 Å². The van der Waals surface area contributed by atoms with Crippen molar-refractivity contribution in [1.29, 1.82) is 0 Å². The van der Waals surface area contributed by atoms with Crippen LogP contribution in [-0.2, 0) is 6.54 Å².